The van der Waals surface area contributed by atoms with Crippen LogP contribution in [-0.2, 0) is 9.13 Å². The molecule has 0 bridgehead atoms. The summed E-state index contributed by atoms with van der Waals surface area (Å²) in [6, 6.07) is 0. The maximum absolute atomic E-state index is 8.88. The first kappa shape index (κ1) is 20.4. The lowest BCUT2D eigenvalue weighted by molar-refractivity contribution is 0.272. The first-order chi connectivity index (χ1) is 6.27. The van der Waals surface area contributed by atoms with Crippen LogP contribution in [0.5, 0.6) is 0 Å². The standard InChI is InChI=1S/C5H10.2H3O4P/c1-4-5(2)3;2*1-5(2,3)4/h2,4H2,1,3H3;2*(H3,1,2,3,4). The molecule has 94 valence electrons. The van der Waals surface area contributed by atoms with Gasteiger partial charge in [0, 0.05) is 0 Å². The van der Waals surface area contributed by atoms with Gasteiger partial charge in [-0.2, -0.15) is 0 Å². The average molecular weight is 266 g/mol. The first-order valence-electron chi connectivity index (χ1n) is 3.48. The number of hydrogen-bond acceptors (Lipinski definition) is 2. The Morgan fingerprint density at radius 2 is 1.07 bits per heavy atom. The number of rotatable bonds is 1. The highest BCUT2D eigenvalue weighted by molar-refractivity contribution is 7.45. The third-order valence-electron chi connectivity index (χ3n) is 0.604. The van der Waals surface area contributed by atoms with Crippen molar-refractivity contribution in [2.24, 2.45) is 0 Å². The molecule has 0 saturated carbocycles. The summed E-state index contributed by atoms with van der Waals surface area (Å²) in [6.45, 7) is 7.80. The van der Waals surface area contributed by atoms with Crippen LogP contribution < -0.4 is 0 Å². The lowest BCUT2D eigenvalue weighted by atomic mass is 10.3. The molecule has 0 radical (unpaired) electrons. The van der Waals surface area contributed by atoms with Gasteiger partial charge in [-0.25, -0.2) is 9.13 Å². The summed E-state index contributed by atoms with van der Waals surface area (Å²) >= 11 is 0. The Morgan fingerprint density at radius 1 is 1.00 bits per heavy atom. The van der Waals surface area contributed by atoms with Crippen molar-refractivity contribution < 1.29 is 38.5 Å². The van der Waals surface area contributed by atoms with E-state index in [2.05, 4.69) is 13.5 Å². The molecule has 0 saturated heterocycles. The van der Waals surface area contributed by atoms with Crippen molar-refractivity contribution in [1.29, 1.82) is 0 Å². The average Bonchev–Trinajstić information content (AvgIpc) is 1.79. The topological polar surface area (TPSA) is 156 Å². The van der Waals surface area contributed by atoms with Gasteiger partial charge >= 0.3 is 15.6 Å². The Hall–Kier alpha value is -0.0400. The SMILES string of the molecule is C=C(C)CC.O=P(O)(O)O.O=P(O)(O)O. The zero-order chi connectivity index (χ0) is 13.3. The highest BCUT2D eigenvalue weighted by Gasteiger charge is 2.00. The van der Waals surface area contributed by atoms with Crippen molar-refractivity contribution in [2.75, 3.05) is 0 Å². The smallest absolute Gasteiger partial charge is 0.303 e. The van der Waals surface area contributed by atoms with Crippen LogP contribution in [-0.4, -0.2) is 29.4 Å². The molecule has 0 heterocycles. The zero-order valence-electron chi connectivity index (χ0n) is 8.31. The first-order valence-corrected chi connectivity index (χ1v) is 6.61. The van der Waals surface area contributed by atoms with Crippen LogP contribution in [0.3, 0.4) is 0 Å². The number of hydrogen-bond donors (Lipinski definition) is 6. The normalized spacial score (nSPS) is 10.4. The molecule has 10 heteroatoms. The van der Waals surface area contributed by atoms with E-state index in [0.29, 0.717) is 0 Å². The van der Waals surface area contributed by atoms with Crippen molar-refractivity contribution in [1.82, 2.24) is 0 Å². The van der Waals surface area contributed by atoms with Gasteiger partial charge in [-0.05, 0) is 13.3 Å². The van der Waals surface area contributed by atoms with Crippen molar-refractivity contribution >= 4 is 15.6 Å². The minimum Gasteiger partial charge on any atom is -0.303 e. The van der Waals surface area contributed by atoms with Crippen LogP contribution in [0, 0.1) is 0 Å². The maximum Gasteiger partial charge on any atom is 0.466 e. The molecule has 0 aliphatic heterocycles. The van der Waals surface area contributed by atoms with Gasteiger partial charge in [-0.15, -0.1) is 6.58 Å². The summed E-state index contributed by atoms with van der Waals surface area (Å²) < 4.78 is 17.8. The highest BCUT2D eigenvalue weighted by Crippen LogP contribution is 2.26. The Kier molecular flexibility index (Phi) is 12.5. The van der Waals surface area contributed by atoms with Gasteiger partial charge in [0.2, 0.25) is 0 Å². The van der Waals surface area contributed by atoms with Gasteiger partial charge in [-0.1, -0.05) is 12.5 Å². The maximum atomic E-state index is 8.88. The summed E-state index contributed by atoms with van der Waals surface area (Å²) in [5, 5.41) is 0. The Labute approximate surface area is 87.4 Å². The van der Waals surface area contributed by atoms with Gasteiger partial charge < -0.3 is 29.4 Å². The highest BCUT2D eigenvalue weighted by atomic mass is 31.2. The summed E-state index contributed by atoms with van der Waals surface area (Å²) in [4.78, 5) is 43.1. The van der Waals surface area contributed by atoms with Crippen molar-refractivity contribution in [3.63, 3.8) is 0 Å². The minimum atomic E-state index is -4.64. The molecule has 0 spiro atoms. The molecule has 8 nitrogen and oxygen atoms in total. The third kappa shape index (κ3) is 520. The Morgan fingerprint density at radius 3 is 1.07 bits per heavy atom. The lowest BCUT2D eigenvalue weighted by Crippen LogP contribution is -1.66. The van der Waals surface area contributed by atoms with Crippen LogP contribution in [0.2, 0.25) is 0 Å². The van der Waals surface area contributed by atoms with Gasteiger partial charge in [0.25, 0.3) is 0 Å². The largest absolute Gasteiger partial charge is 0.466 e. The summed E-state index contributed by atoms with van der Waals surface area (Å²) in [6.07, 6.45) is 1.11. The molecule has 0 aromatic rings. The fourth-order valence-electron chi connectivity index (χ4n) is 0. The Bertz CT molecular complexity index is 213. The van der Waals surface area contributed by atoms with E-state index >= 15 is 0 Å². The van der Waals surface area contributed by atoms with Crippen molar-refractivity contribution in [3.05, 3.63) is 12.2 Å². The molecular formula is C5H16O8P2. The van der Waals surface area contributed by atoms with E-state index in [0.717, 1.165) is 6.42 Å². The molecule has 0 aromatic carbocycles. The van der Waals surface area contributed by atoms with Crippen LogP contribution in [0.25, 0.3) is 0 Å². The monoisotopic (exact) mass is 266 g/mol. The number of phosphoric acid groups is 2. The van der Waals surface area contributed by atoms with E-state index in [1.165, 1.54) is 5.57 Å². The van der Waals surface area contributed by atoms with Gasteiger partial charge in [0.05, 0.1) is 0 Å². The van der Waals surface area contributed by atoms with Crippen molar-refractivity contribution in [3.8, 4) is 0 Å². The van der Waals surface area contributed by atoms with E-state index < -0.39 is 15.6 Å². The second kappa shape index (κ2) is 9.21. The van der Waals surface area contributed by atoms with Gasteiger partial charge in [0.1, 0.15) is 0 Å². The van der Waals surface area contributed by atoms with E-state index in [1.54, 1.807) is 0 Å². The predicted molar refractivity (Wildman–Crippen MR) is 53.6 cm³/mol. The molecule has 0 fully saturated rings. The predicted octanol–water partition coefficient (Wildman–Crippen LogP) is 0.115. The molecule has 0 aromatic heterocycles. The lowest BCUT2D eigenvalue weighted by Gasteiger charge is -1.82. The number of allylic oxidation sites excluding steroid dienone is 1. The minimum absolute atomic E-state index is 1.11. The van der Waals surface area contributed by atoms with E-state index in [1.807, 2.05) is 6.92 Å². The molecule has 0 rings (SSSR count). The molecule has 0 atom stereocenters. The van der Waals surface area contributed by atoms with Crippen LogP contribution >= 0.6 is 15.6 Å². The second-order valence-corrected chi connectivity index (χ2v) is 4.39. The molecule has 0 aliphatic rings. The van der Waals surface area contributed by atoms with Crippen molar-refractivity contribution in [2.45, 2.75) is 20.3 Å². The third-order valence-corrected chi connectivity index (χ3v) is 0.604. The molecule has 0 unspecified atom stereocenters. The molecule has 6 N–H and O–H groups in total. The summed E-state index contributed by atoms with van der Waals surface area (Å²) in [5.74, 6) is 0. The van der Waals surface area contributed by atoms with Crippen LogP contribution in [0.15, 0.2) is 12.2 Å². The molecule has 0 aliphatic carbocycles. The Balaban J connectivity index is -0.000000144. The van der Waals surface area contributed by atoms with Gasteiger partial charge in [-0.3, -0.25) is 0 Å². The molecule has 0 amide bonds. The van der Waals surface area contributed by atoms with E-state index in [-0.39, 0.29) is 0 Å². The van der Waals surface area contributed by atoms with Gasteiger partial charge in [0.15, 0.2) is 0 Å². The van der Waals surface area contributed by atoms with E-state index in [9.17, 15) is 0 Å². The summed E-state index contributed by atoms with van der Waals surface area (Å²) in [7, 11) is -9.28. The fraction of sp³-hybridized carbons (Fsp3) is 0.600. The van der Waals surface area contributed by atoms with Crippen LogP contribution in [0.4, 0.5) is 0 Å². The second-order valence-electron chi connectivity index (χ2n) is 2.34. The van der Waals surface area contributed by atoms with Crippen LogP contribution in [0.1, 0.15) is 20.3 Å². The quantitative estimate of drug-likeness (QED) is 0.288. The summed E-state index contributed by atoms with van der Waals surface area (Å²) in [5.41, 5.74) is 1.25. The molecule has 15 heavy (non-hydrogen) atoms. The fourth-order valence-corrected chi connectivity index (χ4v) is 0. The zero-order valence-corrected chi connectivity index (χ0v) is 10.1. The van der Waals surface area contributed by atoms with E-state index in [4.69, 9.17) is 38.5 Å². The molecular weight excluding hydrogens is 250 g/mol.